The number of furan rings is 1. The van der Waals surface area contributed by atoms with Crippen LogP contribution in [-0.4, -0.2) is 45.2 Å². The molecular weight excluding hydrogens is 1310 g/mol. The Morgan fingerprint density at radius 1 is 0.267 bits per heavy atom. The Bertz CT molecular complexity index is 7020. The maximum Gasteiger partial charge on any atom is 0.164 e. The van der Waals surface area contributed by atoms with E-state index in [1.54, 1.807) is 0 Å². The first kappa shape index (κ1) is 60.8. The number of nitrogens with zero attached hydrogens (tertiary/aromatic N) is 6. The van der Waals surface area contributed by atoms with Crippen LogP contribution in [0.15, 0.2) is 332 Å². The average molecular weight is 1380 g/mol. The van der Waals surface area contributed by atoms with Crippen molar-refractivity contribution in [3.05, 3.63) is 328 Å². The van der Waals surface area contributed by atoms with Crippen molar-refractivity contribution in [3.8, 4) is 90.0 Å². The van der Waals surface area contributed by atoms with Gasteiger partial charge in [-0.3, -0.25) is 0 Å². The number of para-hydroxylation sites is 4. The molecule has 0 saturated heterocycles. The maximum atomic E-state index is 7.03. The van der Waals surface area contributed by atoms with Crippen LogP contribution in [0.1, 0.15) is 0 Å². The highest BCUT2D eigenvalue weighted by Gasteiger charge is 2.41. The van der Waals surface area contributed by atoms with Crippen LogP contribution in [-0.2, 0) is 0 Å². The van der Waals surface area contributed by atoms with Crippen molar-refractivity contribution >= 4 is 135 Å². The van der Waals surface area contributed by atoms with E-state index < -0.39 is 16.1 Å². The van der Waals surface area contributed by atoms with Crippen LogP contribution in [0.5, 0.6) is 0 Å². The molecule has 7 nitrogen and oxygen atoms in total. The summed E-state index contributed by atoms with van der Waals surface area (Å²) in [6.07, 6.45) is 0. The van der Waals surface area contributed by atoms with Crippen molar-refractivity contribution in [2.45, 2.75) is 26.2 Å². The van der Waals surface area contributed by atoms with Gasteiger partial charge in [-0.15, -0.1) is 0 Å². The predicted molar refractivity (Wildman–Crippen MR) is 444 cm³/mol. The van der Waals surface area contributed by atoms with Crippen LogP contribution in [0.3, 0.4) is 0 Å². The van der Waals surface area contributed by atoms with E-state index in [1.165, 1.54) is 75.6 Å². The van der Waals surface area contributed by atoms with E-state index >= 15 is 0 Å². The maximum absolute atomic E-state index is 7.03. The lowest BCUT2D eigenvalue weighted by atomic mass is 9.96. The summed E-state index contributed by atoms with van der Waals surface area (Å²) in [5, 5.41) is 17.6. The molecule has 0 unspecified atom stereocenters. The van der Waals surface area contributed by atoms with Gasteiger partial charge in [-0.2, -0.15) is 0 Å². The second-order valence-electron chi connectivity index (χ2n) is 29.1. The highest BCUT2D eigenvalue weighted by molar-refractivity contribution is 7.04. The van der Waals surface area contributed by atoms with Crippen molar-refractivity contribution in [2.24, 2.45) is 0 Å². The Balaban J connectivity index is 0.000000135. The van der Waals surface area contributed by atoms with E-state index in [1.807, 2.05) is 0 Å². The Labute approximate surface area is 608 Å². The largest absolute Gasteiger partial charge is 0.455 e. The van der Waals surface area contributed by atoms with E-state index in [9.17, 15) is 0 Å². The van der Waals surface area contributed by atoms with Gasteiger partial charge in [0.05, 0.1) is 55.4 Å². The highest BCUT2D eigenvalue weighted by atomic mass is 28.3. The van der Waals surface area contributed by atoms with E-state index in [0.717, 1.165) is 128 Å². The van der Waals surface area contributed by atoms with Crippen LogP contribution in [0.2, 0.25) is 26.2 Å². The molecule has 2 aliphatic rings. The fourth-order valence-electron chi connectivity index (χ4n) is 17.7. The van der Waals surface area contributed by atoms with Gasteiger partial charge in [-0.1, -0.05) is 269 Å². The second kappa shape index (κ2) is 23.3. The molecule has 0 bridgehead atoms. The predicted octanol–water partition coefficient (Wildman–Crippen LogP) is 22.4. The topological polar surface area (TPSA) is 74.6 Å². The first-order chi connectivity index (χ1) is 51.6. The van der Waals surface area contributed by atoms with Gasteiger partial charge >= 0.3 is 0 Å². The van der Waals surface area contributed by atoms with Gasteiger partial charge in [0.25, 0.3) is 0 Å². The fourth-order valence-corrected chi connectivity index (χ4v) is 23.8. The third-order valence-electron chi connectivity index (χ3n) is 22.6. The van der Waals surface area contributed by atoms with Crippen LogP contribution < -0.4 is 20.7 Å². The molecule has 0 atom stereocenters. The quantitative estimate of drug-likeness (QED) is 0.149. The Morgan fingerprint density at radius 2 is 0.724 bits per heavy atom. The molecule has 0 radical (unpaired) electrons. The van der Waals surface area contributed by atoms with Crippen LogP contribution in [0, 0.1) is 0 Å². The van der Waals surface area contributed by atoms with Gasteiger partial charge in [0.15, 0.2) is 11.6 Å². The summed E-state index contributed by atoms with van der Waals surface area (Å²) in [7, 11) is -3.76. The van der Waals surface area contributed by atoms with Gasteiger partial charge in [-0.05, 0) is 150 Å². The number of hydrogen-bond donors (Lipinski definition) is 0. The number of fused-ring (bicyclic) bond motifs is 22. The molecule has 0 saturated carbocycles. The highest BCUT2D eigenvalue weighted by Crippen LogP contribution is 2.47. The second-order valence-corrected chi connectivity index (χ2v) is 37.8. The minimum atomic E-state index is -1.89. The summed E-state index contributed by atoms with van der Waals surface area (Å²) in [4.78, 5) is 21.6. The van der Waals surface area contributed by atoms with Crippen molar-refractivity contribution in [3.63, 3.8) is 0 Å². The van der Waals surface area contributed by atoms with Crippen molar-refractivity contribution in [2.75, 3.05) is 0 Å². The minimum Gasteiger partial charge on any atom is -0.455 e. The van der Waals surface area contributed by atoms with Crippen LogP contribution >= 0.6 is 0 Å². The van der Waals surface area contributed by atoms with Gasteiger partial charge in [0, 0.05) is 65.8 Å². The average Bonchev–Trinajstić information content (AvgIpc) is 1.59. The molecule has 0 fully saturated rings. The lowest BCUT2D eigenvalue weighted by Crippen LogP contribution is -2.49. The number of rotatable bonds is 7. The SMILES string of the molecule is C[Si]1(C)c2ccccc2-c2c1ccc1nc(-c3cccc(-c4ccc5c(c4)c4c6ccccc6ccc4n5-c4ccccc4)c3)nc(-c3ccccc3)c21.C[Si]1(C)c2ccccc2-c2c1ccc1nc(-c3cccc4c3oc3c4ccc4c3c3ccccc3n4-c3ccccc3)nc(-c3ccccc3)c21. The molecule has 15 aromatic carbocycles. The molecule has 0 spiro atoms. The molecule has 5 aromatic heterocycles. The monoisotopic (exact) mass is 1370 g/mol. The molecule has 105 heavy (non-hydrogen) atoms. The zero-order chi connectivity index (χ0) is 69.8. The van der Waals surface area contributed by atoms with E-state index in [0.29, 0.717) is 5.82 Å². The van der Waals surface area contributed by atoms with Crippen molar-refractivity contribution < 1.29 is 4.42 Å². The summed E-state index contributed by atoms with van der Waals surface area (Å²) in [5.74, 6) is 1.40. The van der Waals surface area contributed by atoms with E-state index in [4.69, 9.17) is 24.4 Å². The third-order valence-corrected chi connectivity index (χ3v) is 29.7. The summed E-state index contributed by atoms with van der Waals surface area (Å²) in [5.41, 5.74) is 24.1. The summed E-state index contributed by atoms with van der Waals surface area (Å²) in [6.45, 7) is 9.84. The molecule has 0 aliphatic carbocycles. The van der Waals surface area contributed by atoms with E-state index in [-0.39, 0.29) is 0 Å². The summed E-state index contributed by atoms with van der Waals surface area (Å²) < 4.78 is 11.8. The third kappa shape index (κ3) is 9.21. The first-order valence-electron chi connectivity index (χ1n) is 36.2. The molecule has 9 heteroatoms. The minimum absolute atomic E-state index is 0.664. The van der Waals surface area contributed by atoms with Crippen LogP contribution in [0.4, 0.5) is 0 Å². The molecule has 2 aliphatic heterocycles. The standard InChI is InChI=1S/C50H35N3Si.C46H31N3OSi/c1-54(2)44-23-12-11-22-39(44)47-45(54)29-26-41-48(47)49(33-15-5-3-6-16-33)52-50(51-41)36-18-13-17-34(30-36)35-25-27-42-40(31-35)46-38-21-10-9-14-32(38)24-28-43(46)53(42)37-19-7-4-8-20-37;1-51(2)38-23-12-10-19-33(38)41-39(51)27-25-35-42(41)43(28-14-5-3-6-15-28)48-46(47-35)34-21-13-20-30-31-24-26-37-40(45(31)50-44(30)34)32-18-9-11-22-36(32)49(37)29-16-7-4-8-17-29/h3-31H,1-2H3;3-27H,1-2H3. The zero-order valence-electron chi connectivity index (χ0n) is 58.3. The van der Waals surface area contributed by atoms with Gasteiger partial charge in [-0.25, -0.2) is 19.9 Å². The number of aromatic nitrogens is 6. The fraction of sp³-hybridized carbons (Fsp3) is 0.0417. The summed E-state index contributed by atoms with van der Waals surface area (Å²) in [6, 6.07) is 118. The molecule has 20 aromatic rings. The smallest absolute Gasteiger partial charge is 0.164 e. The Morgan fingerprint density at radius 3 is 1.37 bits per heavy atom. The molecule has 0 N–H and O–H groups in total. The molecule has 0 amide bonds. The number of benzene rings is 15. The molecule has 494 valence electrons. The Hall–Kier alpha value is -12.9. The van der Waals surface area contributed by atoms with Gasteiger partial charge < -0.3 is 13.6 Å². The molecule has 22 rings (SSSR count). The van der Waals surface area contributed by atoms with Crippen LogP contribution in [0.25, 0.3) is 188 Å². The van der Waals surface area contributed by atoms with Gasteiger partial charge in [0.2, 0.25) is 0 Å². The molecular formula is C96H66N6OSi2. The lowest BCUT2D eigenvalue weighted by Gasteiger charge is -2.19. The summed E-state index contributed by atoms with van der Waals surface area (Å²) >= 11 is 0. The zero-order valence-corrected chi connectivity index (χ0v) is 60.3. The van der Waals surface area contributed by atoms with E-state index in [2.05, 4.69) is 363 Å². The van der Waals surface area contributed by atoms with Crippen molar-refractivity contribution in [1.82, 2.24) is 29.1 Å². The molecule has 7 heterocycles. The lowest BCUT2D eigenvalue weighted by molar-refractivity contribution is 0.673. The first-order valence-corrected chi connectivity index (χ1v) is 42.2. The normalized spacial score (nSPS) is 13.3. The van der Waals surface area contributed by atoms with Crippen molar-refractivity contribution in [1.29, 1.82) is 0 Å². The number of hydrogen-bond acceptors (Lipinski definition) is 5. The Kier molecular flexibility index (Phi) is 13.5. The van der Waals surface area contributed by atoms with Gasteiger partial charge in [0.1, 0.15) is 27.3 Å².